The lowest BCUT2D eigenvalue weighted by atomic mass is 10.0. The summed E-state index contributed by atoms with van der Waals surface area (Å²) >= 11 is 0. The third-order valence-electron chi connectivity index (χ3n) is 3.92. The van der Waals surface area contributed by atoms with Crippen molar-refractivity contribution < 1.29 is 0 Å². The van der Waals surface area contributed by atoms with Crippen LogP contribution in [-0.4, -0.2) is 20.1 Å². The zero-order valence-corrected chi connectivity index (χ0v) is 13.6. The highest BCUT2D eigenvalue weighted by molar-refractivity contribution is 5.63. The molecule has 0 amide bonds. The van der Waals surface area contributed by atoms with Gasteiger partial charge in [0.05, 0.1) is 0 Å². The van der Waals surface area contributed by atoms with Crippen LogP contribution in [0, 0.1) is 0 Å². The molecule has 0 aliphatic heterocycles. The summed E-state index contributed by atoms with van der Waals surface area (Å²) in [6.07, 6.45) is 5.21. The normalized spacial score (nSPS) is 10.8. The molecule has 0 unspecified atom stereocenters. The smallest absolute Gasteiger partial charge is 0.0205 e. The molecule has 0 spiro atoms. The molecule has 0 radical (unpaired) electrons. The maximum atomic E-state index is 3.54. The van der Waals surface area contributed by atoms with Gasteiger partial charge < -0.3 is 10.6 Å². The predicted octanol–water partition coefficient (Wildman–Crippen LogP) is 4.22. The Hall–Kier alpha value is -1.64. The molecule has 0 atom stereocenters. The minimum absolute atomic E-state index is 0.964. The van der Waals surface area contributed by atoms with E-state index in [2.05, 4.69) is 65.2 Å². The van der Waals surface area contributed by atoms with Gasteiger partial charge >= 0.3 is 0 Å². The van der Waals surface area contributed by atoms with Crippen LogP contribution in [0.1, 0.15) is 31.2 Å². The van der Waals surface area contributed by atoms with Crippen molar-refractivity contribution in [2.45, 2.75) is 32.2 Å². The molecule has 0 bridgehead atoms. The highest BCUT2D eigenvalue weighted by Gasteiger charge is 1.97. The van der Waals surface area contributed by atoms with Crippen LogP contribution in [-0.2, 0) is 6.54 Å². The van der Waals surface area contributed by atoms with Gasteiger partial charge in [-0.1, -0.05) is 67.4 Å². The highest BCUT2D eigenvalue weighted by atomic mass is 14.8. The predicted molar refractivity (Wildman–Crippen MR) is 96.0 cm³/mol. The average molecular weight is 296 g/mol. The van der Waals surface area contributed by atoms with Gasteiger partial charge in [0.15, 0.2) is 0 Å². The van der Waals surface area contributed by atoms with E-state index in [1.807, 2.05) is 7.05 Å². The third kappa shape index (κ3) is 6.00. The molecule has 22 heavy (non-hydrogen) atoms. The topological polar surface area (TPSA) is 24.1 Å². The average Bonchev–Trinajstić information content (AvgIpc) is 2.59. The fraction of sp³-hybridized carbons (Fsp3) is 0.400. The molecule has 0 heterocycles. The summed E-state index contributed by atoms with van der Waals surface area (Å²) in [6, 6.07) is 19.4. The van der Waals surface area contributed by atoms with E-state index >= 15 is 0 Å². The van der Waals surface area contributed by atoms with Gasteiger partial charge in [0.1, 0.15) is 0 Å². The Labute approximate surface area is 135 Å². The quantitative estimate of drug-likeness (QED) is 0.641. The molecule has 2 aromatic carbocycles. The number of rotatable bonds is 10. The number of hydrogen-bond donors (Lipinski definition) is 2. The van der Waals surface area contributed by atoms with Crippen molar-refractivity contribution in [3.05, 3.63) is 60.2 Å². The Morgan fingerprint density at radius 1 is 0.682 bits per heavy atom. The first-order valence-electron chi connectivity index (χ1n) is 8.40. The molecule has 0 fully saturated rings. The Kier molecular flexibility index (Phi) is 7.71. The minimum Gasteiger partial charge on any atom is -0.320 e. The Bertz CT molecular complexity index is 505. The van der Waals surface area contributed by atoms with Crippen molar-refractivity contribution in [2.24, 2.45) is 0 Å². The first kappa shape index (κ1) is 16.7. The van der Waals surface area contributed by atoms with E-state index in [4.69, 9.17) is 0 Å². The Balaban J connectivity index is 1.65. The molecule has 0 aliphatic rings. The van der Waals surface area contributed by atoms with E-state index in [0.717, 1.165) is 19.6 Å². The second-order valence-electron chi connectivity index (χ2n) is 5.76. The summed E-state index contributed by atoms with van der Waals surface area (Å²) in [4.78, 5) is 0. The van der Waals surface area contributed by atoms with E-state index in [9.17, 15) is 0 Å². The van der Waals surface area contributed by atoms with Crippen molar-refractivity contribution in [1.82, 2.24) is 10.6 Å². The Morgan fingerprint density at radius 3 is 2.00 bits per heavy atom. The zero-order chi connectivity index (χ0) is 15.5. The lowest BCUT2D eigenvalue weighted by Gasteiger charge is -2.07. The lowest BCUT2D eigenvalue weighted by molar-refractivity contribution is 0.577. The molecule has 0 aromatic heterocycles. The molecule has 2 nitrogen and oxygen atoms in total. The van der Waals surface area contributed by atoms with E-state index in [1.165, 1.54) is 42.4 Å². The van der Waals surface area contributed by atoms with Gasteiger partial charge in [0, 0.05) is 6.54 Å². The van der Waals surface area contributed by atoms with E-state index < -0.39 is 0 Å². The van der Waals surface area contributed by atoms with Crippen LogP contribution in [0.4, 0.5) is 0 Å². The first-order valence-corrected chi connectivity index (χ1v) is 8.40. The van der Waals surface area contributed by atoms with Crippen molar-refractivity contribution in [3.8, 4) is 11.1 Å². The largest absolute Gasteiger partial charge is 0.320 e. The van der Waals surface area contributed by atoms with Crippen LogP contribution in [0.15, 0.2) is 54.6 Å². The van der Waals surface area contributed by atoms with Crippen LogP contribution in [0.25, 0.3) is 11.1 Å². The molecular weight excluding hydrogens is 268 g/mol. The summed E-state index contributed by atoms with van der Waals surface area (Å²) < 4.78 is 0. The molecule has 118 valence electrons. The fourth-order valence-electron chi connectivity index (χ4n) is 2.58. The van der Waals surface area contributed by atoms with Gasteiger partial charge in [-0.3, -0.25) is 0 Å². The second-order valence-corrected chi connectivity index (χ2v) is 5.76. The number of benzene rings is 2. The van der Waals surface area contributed by atoms with E-state index in [0.29, 0.717) is 0 Å². The van der Waals surface area contributed by atoms with Crippen LogP contribution in [0.5, 0.6) is 0 Å². The molecule has 2 rings (SSSR count). The molecule has 2 N–H and O–H groups in total. The summed E-state index contributed by atoms with van der Waals surface area (Å²) in [7, 11) is 2.02. The summed E-state index contributed by atoms with van der Waals surface area (Å²) in [5, 5.41) is 6.73. The SMILES string of the molecule is CNCCCCCCNCc1ccc(-c2ccccc2)cc1. The molecular formula is C20H28N2. The fourth-order valence-corrected chi connectivity index (χ4v) is 2.58. The maximum Gasteiger partial charge on any atom is 0.0205 e. The monoisotopic (exact) mass is 296 g/mol. The Morgan fingerprint density at radius 2 is 1.32 bits per heavy atom. The van der Waals surface area contributed by atoms with Crippen molar-refractivity contribution in [2.75, 3.05) is 20.1 Å². The molecule has 2 heteroatoms. The minimum atomic E-state index is 0.964. The summed E-state index contributed by atoms with van der Waals surface area (Å²) in [6.45, 7) is 3.22. The van der Waals surface area contributed by atoms with E-state index in [1.54, 1.807) is 0 Å². The van der Waals surface area contributed by atoms with Gasteiger partial charge in [0.2, 0.25) is 0 Å². The number of hydrogen-bond acceptors (Lipinski definition) is 2. The summed E-state index contributed by atoms with van der Waals surface area (Å²) in [5.41, 5.74) is 3.92. The maximum absolute atomic E-state index is 3.54. The van der Waals surface area contributed by atoms with E-state index in [-0.39, 0.29) is 0 Å². The third-order valence-corrected chi connectivity index (χ3v) is 3.92. The molecule has 0 aliphatic carbocycles. The van der Waals surface area contributed by atoms with Crippen LogP contribution in [0.2, 0.25) is 0 Å². The van der Waals surface area contributed by atoms with Crippen LogP contribution < -0.4 is 10.6 Å². The van der Waals surface area contributed by atoms with Gasteiger partial charge in [-0.15, -0.1) is 0 Å². The van der Waals surface area contributed by atoms with Gasteiger partial charge in [-0.2, -0.15) is 0 Å². The van der Waals surface area contributed by atoms with Crippen LogP contribution >= 0.6 is 0 Å². The second kappa shape index (κ2) is 10.1. The lowest BCUT2D eigenvalue weighted by Crippen LogP contribution is -2.14. The van der Waals surface area contributed by atoms with Crippen molar-refractivity contribution in [3.63, 3.8) is 0 Å². The zero-order valence-electron chi connectivity index (χ0n) is 13.6. The van der Waals surface area contributed by atoms with Gasteiger partial charge in [-0.05, 0) is 49.7 Å². The molecule has 0 saturated carbocycles. The first-order chi connectivity index (χ1) is 10.9. The number of unbranched alkanes of at least 4 members (excludes halogenated alkanes) is 3. The molecule has 2 aromatic rings. The highest BCUT2D eigenvalue weighted by Crippen LogP contribution is 2.19. The van der Waals surface area contributed by atoms with Crippen LogP contribution in [0.3, 0.4) is 0 Å². The van der Waals surface area contributed by atoms with Gasteiger partial charge in [0.25, 0.3) is 0 Å². The van der Waals surface area contributed by atoms with Gasteiger partial charge in [-0.25, -0.2) is 0 Å². The summed E-state index contributed by atoms with van der Waals surface area (Å²) in [5.74, 6) is 0. The standard InChI is InChI=1S/C20H28N2/c1-21-15-7-2-3-8-16-22-17-18-11-13-20(14-12-18)19-9-5-4-6-10-19/h4-6,9-14,21-22H,2-3,7-8,15-17H2,1H3. The van der Waals surface area contributed by atoms with Crippen molar-refractivity contribution in [1.29, 1.82) is 0 Å². The molecule has 0 saturated heterocycles. The number of nitrogens with one attached hydrogen (secondary N) is 2. The van der Waals surface area contributed by atoms with Crippen molar-refractivity contribution >= 4 is 0 Å².